The molecule has 0 spiro atoms. The van der Waals surface area contributed by atoms with E-state index in [0.29, 0.717) is 53.4 Å². The maximum Gasteiger partial charge on any atom is 0.223 e. The lowest BCUT2D eigenvalue weighted by atomic mass is 9.76. The molecule has 2 saturated heterocycles. The van der Waals surface area contributed by atoms with Gasteiger partial charge in [0.05, 0.1) is 31.4 Å². The van der Waals surface area contributed by atoms with Crippen molar-refractivity contribution in [3.63, 3.8) is 0 Å². The molecule has 2 heterocycles. The van der Waals surface area contributed by atoms with E-state index in [2.05, 4.69) is 0 Å². The van der Waals surface area contributed by atoms with E-state index in [1.807, 2.05) is 29.2 Å². The number of carbonyl (C=O) groups is 1. The van der Waals surface area contributed by atoms with E-state index in [-0.39, 0.29) is 12.2 Å². The molecule has 2 unspecified atom stereocenters. The lowest BCUT2D eigenvalue weighted by molar-refractivity contribution is -0.163. The number of halogens is 2. The van der Waals surface area contributed by atoms with Crippen molar-refractivity contribution in [2.24, 2.45) is 0 Å². The summed E-state index contributed by atoms with van der Waals surface area (Å²) in [7, 11) is 4.73. The average Bonchev–Trinajstić information content (AvgIpc) is 3.23. The molecule has 2 aromatic rings. The van der Waals surface area contributed by atoms with Crippen molar-refractivity contribution in [3.05, 3.63) is 51.5 Å². The van der Waals surface area contributed by atoms with Crippen LogP contribution in [0.1, 0.15) is 49.7 Å². The van der Waals surface area contributed by atoms with Crippen LogP contribution in [0.2, 0.25) is 10.0 Å². The zero-order chi connectivity index (χ0) is 26.4. The molecule has 0 N–H and O–H groups in total. The highest BCUT2D eigenvalue weighted by molar-refractivity contribution is 6.42. The lowest BCUT2D eigenvalue weighted by Crippen LogP contribution is -2.32. The topological polar surface area (TPSA) is 66.5 Å². The molecule has 37 heavy (non-hydrogen) atoms. The van der Waals surface area contributed by atoms with Crippen LogP contribution < -0.4 is 14.2 Å². The van der Waals surface area contributed by atoms with Gasteiger partial charge in [-0.3, -0.25) is 4.79 Å². The molecular formula is C28H35Cl2NO6. The lowest BCUT2D eigenvalue weighted by Gasteiger charge is -2.30. The molecule has 2 fully saturated rings. The SMILES string of the molecule is COc1cc(CN2CC(CCCOC3CCCCO3)(c3ccc(Cl)c(Cl)c3)CC2=O)cc(OC)c1OC. The molecule has 4 rings (SSSR count). The van der Waals surface area contributed by atoms with E-state index in [9.17, 15) is 4.79 Å². The fourth-order valence-electron chi connectivity index (χ4n) is 5.30. The smallest absolute Gasteiger partial charge is 0.223 e. The molecule has 0 bridgehead atoms. The molecule has 0 aliphatic carbocycles. The molecular weight excluding hydrogens is 517 g/mol. The fraction of sp³-hybridized carbons (Fsp3) is 0.536. The molecule has 2 aliphatic rings. The van der Waals surface area contributed by atoms with Crippen LogP contribution in [0.3, 0.4) is 0 Å². The van der Waals surface area contributed by atoms with Crippen molar-refractivity contribution in [3.8, 4) is 17.2 Å². The van der Waals surface area contributed by atoms with Crippen LogP contribution >= 0.6 is 23.2 Å². The number of likely N-dealkylation sites (tertiary alicyclic amines) is 1. The summed E-state index contributed by atoms with van der Waals surface area (Å²) in [4.78, 5) is 15.2. The molecule has 0 saturated carbocycles. The highest BCUT2D eigenvalue weighted by Gasteiger charge is 2.44. The minimum atomic E-state index is -0.400. The molecule has 0 radical (unpaired) electrons. The van der Waals surface area contributed by atoms with Gasteiger partial charge in [-0.2, -0.15) is 0 Å². The summed E-state index contributed by atoms with van der Waals surface area (Å²) in [5.74, 6) is 1.72. The van der Waals surface area contributed by atoms with E-state index < -0.39 is 5.41 Å². The monoisotopic (exact) mass is 551 g/mol. The zero-order valence-electron chi connectivity index (χ0n) is 21.7. The van der Waals surface area contributed by atoms with Crippen molar-refractivity contribution >= 4 is 29.1 Å². The Morgan fingerprint density at radius 1 is 1.03 bits per heavy atom. The van der Waals surface area contributed by atoms with Gasteiger partial charge in [0.2, 0.25) is 11.7 Å². The van der Waals surface area contributed by atoms with Crippen molar-refractivity contribution in [1.82, 2.24) is 4.90 Å². The van der Waals surface area contributed by atoms with E-state index in [1.165, 1.54) is 0 Å². The highest BCUT2D eigenvalue weighted by atomic mass is 35.5. The summed E-state index contributed by atoms with van der Waals surface area (Å²) in [6.07, 6.45) is 4.97. The first kappa shape index (κ1) is 27.8. The van der Waals surface area contributed by atoms with Gasteiger partial charge in [-0.25, -0.2) is 0 Å². The summed E-state index contributed by atoms with van der Waals surface area (Å²) in [5, 5.41) is 0.984. The Kier molecular flexibility index (Phi) is 9.46. The number of ether oxygens (including phenoxy) is 5. The minimum absolute atomic E-state index is 0.0800. The molecule has 202 valence electrons. The van der Waals surface area contributed by atoms with Gasteiger partial charge in [-0.15, -0.1) is 0 Å². The Hall–Kier alpha value is -2.19. The van der Waals surface area contributed by atoms with Gasteiger partial charge in [-0.1, -0.05) is 29.3 Å². The summed E-state index contributed by atoms with van der Waals surface area (Å²) in [6, 6.07) is 9.44. The standard InChI is InChI=1S/C28H35Cl2NO6/c1-33-23-13-19(14-24(34-2)27(23)35-3)17-31-18-28(16-25(31)32,20-8-9-21(29)22(30)15-20)10-6-12-37-26-7-4-5-11-36-26/h8-9,13-15,26H,4-7,10-12,16-18H2,1-3H3. The number of nitrogens with zero attached hydrogens (tertiary/aromatic N) is 1. The number of hydrogen-bond acceptors (Lipinski definition) is 6. The van der Waals surface area contributed by atoms with Crippen LogP contribution in [0.25, 0.3) is 0 Å². The molecule has 0 aromatic heterocycles. The van der Waals surface area contributed by atoms with Crippen LogP contribution in [0.5, 0.6) is 17.2 Å². The number of rotatable bonds is 11. The number of benzene rings is 2. The number of methoxy groups -OCH3 is 3. The average molecular weight is 552 g/mol. The van der Waals surface area contributed by atoms with E-state index in [4.69, 9.17) is 46.9 Å². The van der Waals surface area contributed by atoms with Crippen molar-refractivity contribution in [2.75, 3.05) is 41.1 Å². The number of amides is 1. The molecule has 7 nitrogen and oxygen atoms in total. The van der Waals surface area contributed by atoms with E-state index in [0.717, 1.165) is 49.8 Å². The Morgan fingerprint density at radius 2 is 1.78 bits per heavy atom. The third-order valence-electron chi connectivity index (χ3n) is 7.21. The van der Waals surface area contributed by atoms with Crippen LogP contribution in [-0.2, 0) is 26.2 Å². The van der Waals surface area contributed by atoms with Crippen LogP contribution in [-0.4, -0.2) is 58.2 Å². The Labute approximate surface area is 228 Å². The molecule has 1 amide bonds. The quantitative estimate of drug-likeness (QED) is 0.318. The second-order valence-electron chi connectivity index (χ2n) is 9.64. The molecule has 9 heteroatoms. The van der Waals surface area contributed by atoms with E-state index in [1.54, 1.807) is 27.4 Å². The maximum absolute atomic E-state index is 13.4. The summed E-state index contributed by atoms with van der Waals surface area (Å²) < 4.78 is 28.1. The highest BCUT2D eigenvalue weighted by Crippen LogP contribution is 2.43. The number of carbonyl (C=O) groups excluding carboxylic acids is 1. The molecule has 2 atom stereocenters. The van der Waals surface area contributed by atoms with Gasteiger partial charge >= 0.3 is 0 Å². The molecule has 2 aliphatic heterocycles. The first-order chi connectivity index (χ1) is 17.9. The zero-order valence-corrected chi connectivity index (χ0v) is 23.2. The largest absolute Gasteiger partial charge is 0.493 e. The second-order valence-corrected chi connectivity index (χ2v) is 10.5. The van der Waals surface area contributed by atoms with Gasteiger partial charge in [0.25, 0.3) is 0 Å². The number of hydrogen-bond donors (Lipinski definition) is 0. The Morgan fingerprint density at radius 3 is 2.41 bits per heavy atom. The van der Waals surface area contributed by atoms with E-state index >= 15 is 0 Å². The van der Waals surface area contributed by atoms with Gasteiger partial charge in [0.1, 0.15) is 0 Å². The predicted octanol–water partition coefficient (Wildman–Crippen LogP) is 6.01. The maximum atomic E-state index is 13.4. The molecule has 2 aromatic carbocycles. The summed E-state index contributed by atoms with van der Waals surface area (Å²) >= 11 is 12.6. The first-order valence-corrected chi connectivity index (χ1v) is 13.4. The van der Waals surface area contributed by atoms with Crippen molar-refractivity contribution in [1.29, 1.82) is 0 Å². The van der Waals surface area contributed by atoms with Gasteiger partial charge in [-0.05, 0) is 67.5 Å². The predicted molar refractivity (Wildman–Crippen MR) is 143 cm³/mol. The first-order valence-electron chi connectivity index (χ1n) is 12.6. The third kappa shape index (κ3) is 6.45. The van der Waals surface area contributed by atoms with Crippen LogP contribution in [0.15, 0.2) is 30.3 Å². The summed E-state index contributed by atoms with van der Waals surface area (Å²) in [5.41, 5.74) is 1.50. The van der Waals surface area contributed by atoms with Crippen molar-refractivity contribution in [2.45, 2.75) is 56.8 Å². The Bertz CT molecular complexity index is 1070. The Balaban J connectivity index is 1.53. The van der Waals surface area contributed by atoms with Gasteiger partial charge in [0.15, 0.2) is 17.8 Å². The van der Waals surface area contributed by atoms with Gasteiger partial charge < -0.3 is 28.6 Å². The summed E-state index contributed by atoms with van der Waals surface area (Å²) in [6.45, 7) is 2.31. The minimum Gasteiger partial charge on any atom is -0.493 e. The normalized spacial score (nSPS) is 21.8. The third-order valence-corrected chi connectivity index (χ3v) is 7.95. The van der Waals surface area contributed by atoms with Crippen LogP contribution in [0.4, 0.5) is 0 Å². The van der Waals surface area contributed by atoms with Crippen LogP contribution in [0, 0.1) is 0 Å². The van der Waals surface area contributed by atoms with Gasteiger partial charge in [0, 0.05) is 38.1 Å². The van der Waals surface area contributed by atoms with Crippen molar-refractivity contribution < 1.29 is 28.5 Å². The second kappa shape index (κ2) is 12.6. The fourth-order valence-corrected chi connectivity index (χ4v) is 5.60.